The summed E-state index contributed by atoms with van der Waals surface area (Å²) >= 11 is 1.69. The van der Waals surface area contributed by atoms with Gasteiger partial charge in [0.15, 0.2) is 0 Å². The zero-order valence-electron chi connectivity index (χ0n) is 9.60. The van der Waals surface area contributed by atoms with Crippen molar-refractivity contribution in [1.29, 1.82) is 0 Å². The SMILES string of the molecule is NCCNCCc1nc(-c2cccnc2)cs1. The predicted octanol–water partition coefficient (Wildman–Crippen LogP) is 1.30. The average Bonchev–Trinajstić information content (AvgIpc) is 2.85. The summed E-state index contributed by atoms with van der Waals surface area (Å²) in [6, 6.07) is 3.95. The molecule has 90 valence electrons. The number of pyridine rings is 1. The molecule has 0 unspecified atom stereocenters. The Bertz CT molecular complexity index is 441. The molecule has 0 aliphatic rings. The van der Waals surface area contributed by atoms with Crippen LogP contribution in [0.5, 0.6) is 0 Å². The zero-order valence-corrected chi connectivity index (χ0v) is 10.4. The first kappa shape index (κ1) is 12.2. The van der Waals surface area contributed by atoms with Crippen molar-refractivity contribution in [1.82, 2.24) is 15.3 Å². The van der Waals surface area contributed by atoms with E-state index in [1.165, 1.54) is 0 Å². The lowest BCUT2D eigenvalue weighted by atomic mass is 10.2. The molecule has 17 heavy (non-hydrogen) atoms. The van der Waals surface area contributed by atoms with Crippen LogP contribution in [0.25, 0.3) is 11.3 Å². The Hall–Kier alpha value is -1.30. The van der Waals surface area contributed by atoms with Crippen molar-refractivity contribution in [3.63, 3.8) is 0 Å². The first-order chi connectivity index (χ1) is 8.40. The number of rotatable bonds is 6. The lowest BCUT2D eigenvalue weighted by Crippen LogP contribution is -2.24. The maximum absolute atomic E-state index is 5.41. The molecule has 0 radical (unpaired) electrons. The minimum atomic E-state index is 0.679. The molecule has 2 aromatic rings. The molecular weight excluding hydrogens is 232 g/mol. The van der Waals surface area contributed by atoms with E-state index in [0.717, 1.165) is 35.8 Å². The van der Waals surface area contributed by atoms with Crippen LogP contribution in [0.3, 0.4) is 0 Å². The standard InChI is InChI=1S/C12H16N4S/c13-4-7-14-6-3-12-16-11(9-17-12)10-2-1-5-15-8-10/h1-2,5,8-9,14H,3-4,6-7,13H2. The van der Waals surface area contributed by atoms with Gasteiger partial charge in [-0.15, -0.1) is 11.3 Å². The Morgan fingerprint density at radius 3 is 3.06 bits per heavy atom. The quantitative estimate of drug-likeness (QED) is 0.756. The lowest BCUT2D eigenvalue weighted by Gasteiger charge is -1.99. The molecule has 0 aliphatic carbocycles. The Balaban J connectivity index is 1.92. The summed E-state index contributed by atoms with van der Waals surface area (Å²) in [4.78, 5) is 8.68. The molecule has 0 aromatic carbocycles. The minimum absolute atomic E-state index is 0.679. The van der Waals surface area contributed by atoms with Crippen LogP contribution in [0.15, 0.2) is 29.9 Å². The van der Waals surface area contributed by atoms with Crippen LogP contribution in [0.2, 0.25) is 0 Å². The van der Waals surface area contributed by atoms with Crippen molar-refractivity contribution < 1.29 is 0 Å². The number of aromatic nitrogens is 2. The maximum Gasteiger partial charge on any atom is 0.0945 e. The fourth-order valence-corrected chi connectivity index (χ4v) is 2.30. The molecule has 2 rings (SSSR count). The van der Waals surface area contributed by atoms with Crippen LogP contribution in [0, 0.1) is 0 Å². The van der Waals surface area contributed by atoms with Gasteiger partial charge >= 0.3 is 0 Å². The van der Waals surface area contributed by atoms with E-state index in [0.29, 0.717) is 6.54 Å². The Kier molecular flexibility index (Phi) is 4.61. The third-order valence-electron chi connectivity index (χ3n) is 2.35. The van der Waals surface area contributed by atoms with E-state index in [-0.39, 0.29) is 0 Å². The van der Waals surface area contributed by atoms with Crippen LogP contribution in [-0.4, -0.2) is 29.6 Å². The van der Waals surface area contributed by atoms with Gasteiger partial charge in [0, 0.05) is 49.4 Å². The number of nitrogens with zero attached hydrogens (tertiary/aromatic N) is 2. The van der Waals surface area contributed by atoms with Gasteiger partial charge in [-0.2, -0.15) is 0 Å². The molecule has 0 saturated carbocycles. The Morgan fingerprint density at radius 1 is 1.35 bits per heavy atom. The summed E-state index contributed by atoms with van der Waals surface area (Å²) in [6.07, 6.45) is 4.56. The molecule has 4 nitrogen and oxygen atoms in total. The third-order valence-corrected chi connectivity index (χ3v) is 3.25. The van der Waals surface area contributed by atoms with Crippen molar-refractivity contribution >= 4 is 11.3 Å². The zero-order chi connectivity index (χ0) is 11.9. The molecule has 0 atom stereocenters. The smallest absolute Gasteiger partial charge is 0.0945 e. The van der Waals surface area contributed by atoms with E-state index in [1.54, 1.807) is 17.5 Å². The van der Waals surface area contributed by atoms with Gasteiger partial charge in [0.1, 0.15) is 0 Å². The monoisotopic (exact) mass is 248 g/mol. The summed E-state index contributed by atoms with van der Waals surface area (Å²) in [6.45, 7) is 2.47. The van der Waals surface area contributed by atoms with Gasteiger partial charge in [-0.25, -0.2) is 4.98 Å². The highest BCUT2D eigenvalue weighted by molar-refractivity contribution is 7.09. The van der Waals surface area contributed by atoms with Gasteiger partial charge in [-0.3, -0.25) is 4.98 Å². The Morgan fingerprint density at radius 2 is 2.29 bits per heavy atom. The largest absolute Gasteiger partial charge is 0.329 e. The summed E-state index contributed by atoms with van der Waals surface area (Å²) in [5.41, 5.74) is 7.49. The van der Waals surface area contributed by atoms with Crippen LogP contribution in [-0.2, 0) is 6.42 Å². The average molecular weight is 248 g/mol. The van der Waals surface area contributed by atoms with Crippen LogP contribution in [0.1, 0.15) is 5.01 Å². The summed E-state index contributed by atoms with van der Waals surface area (Å²) in [5, 5.41) is 6.49. The number of hydrogen-bond acceptors (Lipinski definition) is 5. The van der Waals surface area contributed by atoms with Crippen LogP contribution >= 0.6 is 11.3 Å². The van der Waals surface area contributed by atoms with Crippen molar-refractivity contribution in [2.75, 3.05) is 19.6 Å². The molecule has 0 fully saturated rings. The van der Waals surface area contributed by atoms with E-state index in [2.05, 4.69) is 20.7 Å². The van der Waals surface area contributed by atoms with Gasteiger partial charge in [-0.1, -0.05) is 0 Å². The van der Waals surface area contributed by atoms with E-state index in [1.807, 2.05) is 18.3 Å². The summed E-state index contributed by atoms with van der Waals surface area (Å²) in [5.74, 6) is 0. The van der Waals surface area contributed by atoms with Gasteiger partial charge in [0.05, 0.1) is 10.7 Å². The lowest BCUT2D eigenvalue weighted by molar-refractivity contribution is 0.687. The second-order valence-corrected chi connectivity index (χ2v) is 4.60. The summed E-state index contributed by atoms with van der Waals surface area (Å²) in [7, 11) is 0. The number of nitrogens with two attached hydrogens (primary N) is 1. The minimum Gasteiger partial charge on any atom is -0.329 e. The van der Waals surface area contributed by atoms with E-state index in [9.17, 15) is 0 Å². The first-order valence-corrected chi connectivity index (χ1v) is 6.53. The molecule has 0 saturated heterocycles. The van der Waals surface area contributed by atoms with Gasteiger partial charge < -0.3 is 11.1 Å². The van der Waals surface area contributed by atoms with Gasteiger partial charge in [0.2, 0.25) is 0 Å². The molecule has 2 aromatic heterocycles. The van der Waals surface area contributed by atoms with Crippen molar-refractivity contribution in [3.05, 3.63) is 34.9 Å². The highest BCUT2D eigenvalue weighted by Gasteiger charge is 2.03. The van der Waals surface area contributed by atoms with Gasteiger partial charge in [0.25, 0.3) is 0 Å². The van der Waals surface area contributed by atoms with E-state index < -0.39 is 0 Å². The number of thiazole rings is 1. The first-order valence-electron chi connectivity index (χ1n) is 5.66. The van der Waals surface area contributed by atoms with E-state index in [4.69, 9.17) is 5.73 Å². The van der Waals surface area contributed by atoms with Gasteiger partial charge in [-0.05, 0) is 12.1 Å². The predicted molar refractivity (Wildman–Crippen MR) is 71.0 cm³/mol. The topological polar surface area (TPSA) is 63.8 Å². The number of hydrogen-bond donors (Lipinski definition) is 2. The second kappa shape index (κ2) is 6.44. The number of nitrogens with one attached hydrogen (secondary N) is 1. The molecule has 0 amide bonds. The normalized spacial score (nSPS) is 10.6. The maximum atomic E-state index is 5.41. The molecule has 0 spiro atoms. The fraction of sp³-hybridized carbons (Fsp3) is 0.333. The highest BCUT2D eigenvalue weighted by Crippen LogP contribution is 2.20. The molecule has 0 bridgehead atoms. The van der Waals surface area contributed by atoms with Crippen LogP contribution < -0.4 is 11.1 Å². The van der Waals surface area contributed by atoms with Crippen molar-refractivity contribution in [3.8, 4) is 11.3 Å². The molecule has 5 heteroatoms. The summed E-state index contributed by atoms with van der Waals surface area (Å²) < 4.78 is 0. The van der Waals surface area contributed by atoms with E-state index >= 15 is 0 Å². The van der Waals surface area contributed by atoms with Crippen molar-refractivity contribution in [2.45, 2.75) is 6.42 Å². The molecule has 2 heterocycles. The van der Waals surface area contributed by atoms with Crippen molar-refractivity contribution in [2.24, 2.45) is 5.73 Å². The molecular formula is C12H16N4S. The van der Waals surface area contributed by atoms with Crippen LogP contribution in [0.4, 0.5) is 0 Å². The third kappa shape index (κ3) is 3.59. The second-order valence-electron chi connectivity index (χ2n) is 3.66. The Labute approximate surface area is 105 Å². The molecule has 0 aliphatic heterocycles. The fourth-order valence-electron chi connectivity index (χ4n) is 1.49. The highest BCUT2D eigenvalue weighted by atomic mass is 32.1. The molecule has 3 N–H and O–H groups in total.